The van der Waals surface area contributed by atoms with E-state index in [9.17, 15) is 26.3 Å². The number of aromatic hydroxyl groups is 1. The Bertz CT molecular complexity index is 444. The summed E-state index contributed by atoms with van der Waals surface area (Å²) in [4.78, 5) is 2.93. The normalized spacial score (nSPS) is 12.6. The summed E-state index contributed by atoms with van der Waals surface area (Å²) in [6.07, 6.45) is -9.90. The van der Waals surface area contributed by atoms with Crippen LogP contribution in [-0.4, -0.2) is 16.5 Å². The topological polar surface area (TPSA) is 42.4 Å². The number of aromatic nitrogens is 1. The van der Waals surface area contributed by atoms with Crippen molar-refractivity contribution in [1.29, 1.82) is 0 Å². The SMILES string of the molecule is Oc1c(OC(F)(F)F)ncc(CCl)c1C(F)(F)F. The first kappa shape index (κ1) is 14.7. The molecule has 0 atom stereocenters. The Labute approximate surface area is 101 Å². The first-order chi connectivity index (χ1) is 8.06. The molecule has 1 heterocycles. The smallest absolute Gasteiger partial charge is 0.503 e. The molecular weight excluding hydrogens is 292 g/mol. The van der Waals surface area contributed by atoms with E-state index < -0.39 is 41.2 Å². The summed E-state index contributed by atoms with van der Waals surface area (Å²) in [5.41, 5.74) is -2.36. The Morgan fingerprint density at radius 2 is 1.78 bits per heavy atom. The molecule has 0 saturated heterocycles. The highest BCUT2D eigenvalue weighted by Gasteiger charge is 2.41. The van der Waals surface area contributed by atoms with Gasteiger partial charge in [-0.3, -0.25) is 0 Å². The van der Waals surface area contributed by atoms with Gasteiger partial charge in [0, 0.05) is 17.6 Å². The van der Waals surface area contributed by atoms with Crippen LogP contribution in [0.2, 0.25) is 0 Å². The summed E-state index contributed by atoms with van der Waals surface area (Å²) in [5, 5.41) is 9.13. The second-order valence-electron chi connectivity index (χ2n) is 2.99. The molecule has 0 bridgehead atoms. The van der Waals surface area contributed by atoms with Gasteiger partial charge in [-0.2, -0.15) is 13.2 Å². The lowest BCUT2D eigenvalue weighted by atomic mass is 10.1. The van der Waals surface area contributed by atoms with E-state index in [0.29, 0.717) is 6.20 Å². The zero-order valence-corrected chi connectivity index (χ0v) is 8.99. The van der Waals surface area contributed by atoms with Gasteiger partial charge in [0.1, 0.15) is 5.56 Å². The van der Waals surface area contributed by atoms with Crippen LogP contribution in [0.25, 0.3) is 0 Å². The molecule has 0 fully saturated rings. The fourth-order valence-electron chi connectivity index (χ4n) is 1.12. The average Bonchev–Trinajstić information content (AvgIpc) is 2.16. The highest BCUT2D eigenvalue weighted by molar-refractivity contribution is 6.17. The maximum atomic E-state index is 12.5. The minimum Gasteiger partial charge on any atom is -0.503 e. The Morgan fingerprint density at radius 1 is 1.22 bits per heavy atom. The molecule has 10 heteroatoms. The molecule has 1 aromatic heterocycles. The van der Waals surface area contributed by atoms with Crippen molar-refractivity contribution >= 4 is 11.6 Å². The number of nitrogens with zero attached hydrogens (tertiary/aromatic N) is 1. The molecule has 1 aromatic rings. The Balaban J connectivity index is 3.35. The molecular formula is C8H4ClF6NO2. The van der Waals surface area contributed by atoms with Gasteiger partial charge in [-0.1, -0.05) is 0 Å². The van der Waals surface area contributed by atoms with Gasteiger partial charge in [-0.25, -0.2) is 4.98 Å². The fourth-order valence-corrected chi connectivity index (χ4v) is 1.33. The lowest BCUT2D eigenvalue weighted by molar-refractivity contribution is -0.276. The molecule has 1 N–H and O–H groups in total. The number of hydrogen-bond donors (Lipinski definition) is 1. The van der Waals surface area contributed by atoms with Crippen molar-refractivity contribution in [3.63, 3.8) is 0 Å². The minimum atomic E-state index is -5.27. The summed E-state index contributed by atoms with van der Waals surface area (Å²) in [5.74, 6) is -4.01. The van der Waals surface area contributed by atoms with Crippen molar-refractivity contribution in [3.05, 3.63) is 17.3 Å². The van der Waals surface area contributed by atoms with Gasteiger partial charge in [0.05, 0.1) is 0 Å². The van der Waals surface area contributed by atoms with Crippen LogP contribution in [0.15, 0.2) is 6.20 Å². The number of halogens is 7. The van der Waals surface area contributed by atoms with Gasteiger partial charge in [0.25, 0.3) is 5.88 Å². The Morgan fingerprint density at radius 3 is 2.17 bits per heavy atom. The van der Waals surface area contributed by atoms with E-state index in [1.165, 1.54) is 0 Å². The predicted molar refractivity (Wildman–Crippen MR) is 47.1 cm³/mol. The molecule has 0 saturated carbocycles. The van der Waals surface area contributed by atoms with Crippen molar-refractivity contribution in [2.24, 2.45) is 0 Å². The second-order valence-corrected chi connectivity index (χ2v) is 3.26. The zero-order chi connectivity index (χ0) is 14.1. The van der Waals surface area contributed by atoms with Crippen LogP contribution < -0.4 is 4.74 Å². The van der Waals surface area contributed by atoms with Gasteiger partial charge >= 0.3 is 12.5 Å². The van der Waals surface area contributed by atoms with Gasteiger partial charge in [0.2, 0.25) is 0 Å². The third kappa shape index (κ3) is 3.31. The van der Waals surface area contributed by atoms with Crippen LogP contribution in [0.1, 0.15) is 11.1 Å². The quantitative estimate of drug-likeness (QED) is 0.671. The largest absolute Gasteiger partial charge is 0.574 e. The van der Waals surface area contributed by atoms with Crippen molar-refractivity contribution in [1.82, 2.24) is 4.98 Å². The molecule has 18 heavy (non-hydrogen) atoms. The summed E-state index contributed by atoms with van der Waals surface area (Å²) >= 11 is 5.18. The molecule has 0 unspecified atom stereocenters. The maximum absolute atomic E-state index is 12.5. The lowest BCUT2D eigenvalue weighted by Gasteiger charge is -2.16. The van der Waals surface area contributed by atoms with Crippen molar-refractivity contribution in [2.75, 3.05) is 0 Å². The van der Waals surface area contributed by atoms with E-state index in [1.807, 2.05) is 0 Å². The van der Waals surface area contributed by atoms with Crippen LogP contribution in [0.4, 0.5) is 26.3 Å². The molecule has 0 spiro atoms. The van der Waals surface area contributed by atoms with E-state index in [4.69, 9.17) is 16.7 Å². The Kier molecular flexibility index (Phi) is 3.84. The van der Waals surface area contributed by atoms with Gasteiger partial charge < -0.3 is 9.84 Å². The van der Waals surface area contributed by atoms with Gasteiger partial charge in [0.15, 0.2) is 5.75 Å². The summed E-state index contributed by atoms with van der Waals surface area (Å²) in [6, 6.07) is 0. The van der Waals surface area contributed by atoms with E-state index >= 15 is 0 Å². The monoisotopic (exact) mass is 295 g/mol. The molecule has 0 aliphatic rings. The summed E-state index contributed by atoms with van der Waals surface area (Å²) in [6.45, 7) is 0. The number of ether oxygens (including phenoxy) is 1. The first-order valence-corrected chi connectivity index (χ1v) is 4.69. The highest BCUT2D eigenvalue weighted by Crippen LogP contribution is 2.43. The predicted octanol–water partition coefficient (Wildman–Crippen LogP) is 3.44. The van der Waals surface area contributed by atoms with E-state index in [-0.39, 0.29) is 0 Å². The van der Waals surface area contributed by atoms with E-state index in [1.54, 1.807) is 0 Å². The lowest BCUT2D eigenvalue weighted by Crippen LogP contribution is -2.19. The zero-order valence-electron chi connectivity index (χ0n) is 8.23. The highest BCUT2D eigenvalue weighted by atomic mass is 35.5. The van der Waals surface area contributed by atoms with Crippen LogP contribution in [-0.2, 0) is 12.1 Å². The Hall–Kier alpha value is -1.38. The summed E-state index contributed by atoms with van der Waals surface area (Å²) < 4.78 is 76.3. The number of rotatable bonds is 2. The number of alkyl halides is 7. The first-order valence-electron chi connectivity index (χ1n) is 4.16. The number of hydrogen-bond acceptors (Lipinski definition) is 3. The molecule has 0 amide bonds. The molecule has 3 nitrogen and oxygen atoms in total. The van der Waals surface area contributed by atoms with Crippen LogP contribution in [0, 0.1) is 0 Å². The van der Waals surface area contributed by atoms with Crippen molar-refractivity contribution in [2.45, 2.75) is 18.4 Å². The van der Waals surface area contributed by atoms with E-state index in [2.05, 4.69) is 9.72 Å². The van der Waals surface area contributed by atoms with Crippen LogP contribution in [0.5, 0.6) is 11.6 Å². The fraction of sp³-hybridized carbons (Fsp3) is 0.375. The molecule has 0 radical (unpaired) electrons. The molecule has 0 aliphatic heterocycles. The standard InChI is InChI=1S/C8H4ClF6NO2/c9-1-3-2-16-6(18-8(13,14)15)5(17)4(3)7(10,11)12/h2,17H,1H2. The van der Waals surface area contributed by atoms with Gasteiger partial charge in [-0.05, 0) is 0 Å². The minimum absolute atomic E-state index is 0.455. The number of pyridine rings is 1. The van der Waals surface area contributed by atoms with E-state index in [0.717, 1.165) is 0 Å². The summed E-state index contributed by atoms with van der Waals surface area (Å²) in [7, 11) is 0. The third-order valence-corrected chi connectivity index (χ3v) is 2.03. The van der Waals surface area contributed by atoms with Crippen molar-refractivity contribution < 1.29 is 36.2 Å². The van der Waals surface area contributed by atoms with Gasteiger partial charge in [-0.15, -0.1) is 24.8 Å². The van der Waals surface area contributed by atoms with Crippen LogP contribution >= 0.6 is 11.6 Å². The molecule has 102 valence electrons. The molecule has 1 rings (SSSR count). The maximum Gasteiger partial charge on any atom is 0.574 e. The average molecular weight is 296 g/mol. The molecule has 0 aliphatic carbocycles. The van der Waals surface area contributed by atoms with Crippen molar-refractivity contribution in [3.8, 4) is 11.6 Å². The third-order valence-electron chi connectivity index (χ3n) is 1.74. The second kappa shape index (κ2) is 4.71. The van der Waals surface area contributed by atoms with Crippen LogP contribution in [0.3, 0.4) is 0 Å². The molecule has 0 aromatic carbocycles.